The molecular formula is C10H7F3N4. The van der Waals surface area contributed by atoms with E-state index in [1.165, 1.54) is 35.7 Å². The normalized spacial score (nSPS) is 12.2. The van der Waals surface area contributed by atoms with Gasteiger partial charge in [0, 0.05) is 0 Å². The van der Waals surface area contributed by atoms with Crippen LogP contribution in [-0.4, -0.2) is 21.1 Å². The first-order chi connectivity index (χ1) is 8.05. The first kappa shape index (κ1) is 11.3. The molecule has 88 valence electrons. The lowest BCUT2D eigenvalue weighted by Crippen LogP contribution is -2.05. The van der Waals surface area contributed by atoms with Crippen LogP contribution in [-0.2, 0) is 6.18 Å². The molecule has 0 unspecified atom stereocenters. The third kappa shape index (κ3) is 2.90. The molecule has 17 heavy (non-hydrogen) atoms. The average molecular weight is 240 g/mol. The summed E-state index contributed by atoms with van der Waals surface area (Å²) in [5, 5.41) is 10.9. The molecule has 0 saturated carbocycles. The molecule has 0 atom stereocenters. The van der Waals surface area contributed by atoms with Gasteiger partial charge in [-0.2, -0.15) is 18.3 Å². The van der Waals surface area contributed by atoms with Gasteiger partial charge in [-0.25, -0.2) is 4.68 Å². The van der Waals surface area contributed by atoms with Crippen molar-refractivity contribution in [3.8, 4) is 0 Å². The summed E-state index contributed by atoms with van der Waals surface area (Å²) in [6.45, 7) is 0. The minimum absolute atomic E-state index is 0.355. The summed E-state index contributed by atoms with van der Waals surface area (Å²) in [5.74, 6) is 0. The van der Waals surface area contributed by atoms with Crippen LogP contribution in [0.1, 0.15) is 11.1 Å². The van der Waals surface area contributed by atoms with Gasteiger partial charge in [-0.3, -0.25) is 0 Å². The van der Waals surface area contributed by atoms with Crippen molar-refractivity contribution >= 4 is 6.21 Å². The van der Waals surface area contributed by atoms with Crippen LogP contribution >= 0.6 is 0 Å². The molecule has 1 heterocycles. The number of hydrogen-bond acceptors (Lipinski definition) is 3. The van der Waals surface area contributed by atoms with Crippen LogP contribution in [0, 0.1) is 0 Å². The van der Waals surface area contributed by atoms with E-state index in [4.69, 9.17) is 0 Å². The molecule has 1 aromatic carbocycles. The maximum absolute atomic E-state index is 12.4. The van der Waals surface area contributed by atoms with Crippen LogP contribution in [0.5, 0.6) is 0 Å². The highest BCUT2D eigenvalue weighted by atomic mass is 19.4. The van der Waals surface area contributed by atoms with E-state index in [9.17, 15) is 13.2 Å². The molecule has 0 aliphatic carbocycles. The average Bonchev–Trinajstić information content (AvgIpc) is 2.78. The number of rotatable bonds is 2. The van der Waals surface area contributed by atoms with E-state index in [0.717, 1.165) is 12.1 Å². The molecule has 1 aromatic heterocycles. The first-order valence-electron chi connectivity index (χ1n) is 4.62. The van der Waals surface area contributed by atoms with Crippen molar-refractivity contribution in [2.75, 3.05) is 0 Å². The third-order valence-corrected chi connectivity index (χ3v) is 1.96. The summed E-state index contributed by atoms with van der Waals surface area (Å²) in [4.78, 5) is 0. The number of alkyl halides is 3. The van der Waals surface area contributed by atoms with Gasteiger partial charge < -0.3 is 0 Å². The molecule has 0 amide bonds. The SMILES string of the molecule is FC(F)(F)c1cccc(/C=N/n2cnnc2)c1. The molecule has 0 N–H and O–H groups in total. The Morgan fingerprint density at radius 1 is 1.18 bits per heavy atom. The fourth-order valence-electron chi connectivity index (χ4n) is 1.18. The van der Waals surface area contributed by atoms with Crippen molar-refractivity contribution in [2.24, 2.45) is 5.10 Å². The fraction of sp³-hybridized carbons (Fsp3) is 0.100. The van der Waals surface area contributed by atoms with Gasteiger partial charge in [0.1, 0.15) is 12.7 Å². The molecule has 2 aromatic rings. The highest BCUT2D eigenvalue weighted by molar-refractivity contribution is 5.79. The second-order valence-electron chi connectivity index (χ2n) is 3.21. The Morgan fingerprint density at radius 2 is 1.88 bits per heavy atom. The number of halogens is 3. The maximum Gasteiger partial charge on any atom is 0.416 e. The minimum Gasteiger partial charge on any atom is -0.208 e. The molecular weight excluding hydrogens is 233 g/mol. The standard InChI is InChI=1S/C10H7F3N4/c11-10(12,13)9-3-1-2-8(4-9)5-16-17-6-14-15-7-17/h1-7H/b16-5+. The molecule has 0 aliphatic heterocycles. The van der Waals surface area contributed by atoms with Gasteiger partial charge in [0.2, 0.25) is 0 Å². The smallest absolute Gasteiger partial charge is 0.208 e. The van der Waals surface area contributed by atoms with Crippen LogP contribution in [0.4, 0.5) is 13.2 Å². The minimum atomic E-state index is -4.35. The highest BCUT2D eigenvalue weighted by Gasteiger charge is 2.30. The van der Waals surface area contributed by atoms with E-state index in [2.05, 4.69) is 15.3 Å². The summed E-state index contributed by atoms with van der Waals surface area (Å²) >= 11 is 0. The molecule has 2 rings (SSSR count). The Balaban J connectivity index is 2.23. The van der Waals surface area contributed by atoms with Crippen LogP contribution in [0.2, 0.25) is 0 Å². The zero-order chi connectivity index (χ0) is 12.3. The summed E-state index contributed by atoms with van der Waals surface area (Å²) < 4.78 is 38.5. The van der Waals surface area contributed by atoms with Crippen molar-refractivity contribution < 1.29 is 13.2 Å². The van der Waals surface area contributed by atoms with Crippen LogP contribution in [0.3, 0.4) is 0 Å². The van der Waals surface area contributed by atoms with Gasteiger partial charge in [-0.05, 0) is 17.7 Å². The molecule has 0 saturated heterocycles. The third-order valence-electron chi connectivity index (χ3n) is 1.96. The second kappa shape index (κ2) is 4.36. The molecule has 0 aliphatic rings. The van der Waals surface area contributed by atoms with E-state index >= 15 is 0 Å². The van der Waals surface area contributed by atoms with E-state index in [1.54, 1.807) is 0 Å². The van der Waals surface area contributed by atoms with E-state index in [1.807, 2.05) is 0 Å². The monoisotopic (exact) mass is 240 g/mol. The van der Waals surface area contributed by atoms with Gasteiger partial charge >= 0.3 is 6.18 Å². The zero-order valence-corrected chi connectivity index (χ0v) is 8.46. The summed E-state index contributed by atoms with van der Waals surface area (Å²) in [6.07, 6.45) is -0.368. The van der Waals surface area contributed by atoms with Gasteiger partial charge in [0.25, 0.3) is 0 Å². The Morgan fingerprint density at radius 3 is 2.53 bits per heavy atom. The van der Waals surface area contributed by atoms with Gasteiger partial charge in [-0.15, -0.1) is 10.2 Å². The van der Waals surface area contributed by atoms with Gasteiger partial charge in [0.05, 0.1) is 11.8 Å². The predicted molar refractivity (Wildman–Crippen MR) is 54.5 cm³/mol. The Labute approximate surface area is 94.4 Å². The molecule has 0 radical (unpaired) electrons. The maximum atomic E-state index is 12.4. The van der Waals surface area contributed by atoms with Crippen LogP contribution < -0.4 is 0 Å². The van der Waals surface area contributed by atoms with Crippen molar-refractivity contribution in [1.82, 2.24) is 14.9 Å². The highest BCUT2D eigenvalue weighted by Crippen LogP contribution is 2.29. The summed E-state index contributed by atoms with van der Waals surface area (Å²) in [7, 11) is 0. The Hall–Kier alpha value is -2.18. The van der Waals surface area contributed by atoms with Crippen molar-refractivity contribution in [1.29, 1.82) is 0 Å². The second-order valence-corrected chi connectivity index (χ2v) is 3.21. The molecule has 0 spiro atoms. The summed E-state index contributed by atoms with van der Waals surface area (Å²) in [5.41, 5.74) is -0.348. The zero-order valence-electron chi connectivity index (χ0n) is 8.46. The number of hydrogen-bond donors (Lipinski definition) is 0. The summed E-state index contributed by atoms with van der Waals surface area (Å²) in [6, 6.07) is 4.89. The lowest BCUT2D eigenvalue weighted by molar-refractivity contribution is -0.137. The van der Waals surface area contributed by atoms with Crippen molar-refractivity contribution in [3.63, 3.8) is 0 Å². The molecule has 7 heteroatoms. The number of nitrogens with zero attached hydrogens (tertiary/aromatic N) is 4. The Kier molecular flexibility index (Phi) is 2.90. The predicted octanol–water partition coefficient (Wildman–Crippen LogP) is 2.18. The fourth-order valence-corrected chi connectivity index (χ4v) is 1.18. The largest absolute Gasteiger partial charge is 0.416 e. The van der Waals surface area contributed by atoms with Crippen LogP contribution in [0.25, 0.3) is 0 Å². The number of aromatic nitrogens is 3. The van der Waals surface area contributed by atoms with Gasteiger partial charge in [0.15, 0.2) is 0 Å². The lowest BCUT2D eigenvalue weighted by Gasteiger charge is -2.06. The van der Waals surface area contributed by atoms with Gasteiger partial charge in [-0.1, -0.05) is 12.1 Å². The van der Waals surface area contributed by atoms with Crippen molar-refractivity contribution in [3.05, 3.63) is 48.0 Å². The molecule has 0 bridgehead atoms. The lowest BCUT2D eigenvalue weighted by atomic mass is 10.1. The number of benzene rings is 1. The van der Waals surface area contributed by atoms with E-state index < -0.39 is 11.7 Å². The van der Waals surface area contributed by atoms with E-state index in [-0.39, 0.29) is 0 Å². The van der Waals surface area contributed by atoms with Crippen molar-refractivity contribution in [2.45, 2.75) is 6.18 Å². The van der Waals surface area contributed by atoms with Crippen LogP contribution in [0.15, 0.2) is 42.0 Å². The molecule has 0 fully saturated rings. The Bertz CT molecular complexity index is 517. The van der Waals surface area contributed by atoms with E-state index in [0.29, 0.717) is 5.56 Å². The first-order valence-corrected chi connectivity index (χ1v) is 4.62. The topological polar surface area (TPSA) is 43.1 Å². The molecule has 4 nitrogen and oxygen atoms in total. The quantitative estimate of drug-likeness (QED) is 0.755.